The minimum atomic E-state index is -1.35. The summed E-state index contributed by atoms with van der Waals surface area (Å²) in [5.41, 5.74) is -0.879. The maximum absolute atomic E-state index is 13.3. The third-order valence-electron chi connectivity index (χ3n) is 1.71. The fraction of sp³-hybridized carbons (Fsp3) is 0.111. The first-order valence-electron chi connectivity index (χ1n) is 3.66. The van der Waals surface area contributed by atoms with E-state index in [-0.39, 0.29) is 17.6 Å². The van der Waals surface area contributed by atoms with Crippen molar-refractivity contribution in [1.29, 1.82) is 0 Å². The smallest absolute Gasteiger partial charge is 0.336 e. The second-order valence-corrected chi connectivity index (χ2v) is 2.47. The molecule has 0 radical (unpaired) electrons. The highest BCUT2D eigenvalue weighted by Gasteiger charge is 2.17. The van der Waals surface area contributed by atoms with Gasteiger partial charge in [0.2, 0.25) is 0 Å². The molecular weight excluding hydrogens is 191 g/mol. The molecule has 0 bridgehead atoms. The lowest BCUT2D eigenvalue weighted by molar-refractivity contribution is 0.0693. The molecule has 0 fully saturated rings. The summed E-state index contributed by atoms with van der Waals surface area (Å²) in [5, 5.41) is 8.62. The molecular formula is C9H7FO4. The molecule has 0 aliphatic rings. The molecule has 1 N–H and O–H groups in total. The van der Waals surface area contributed by atoms with Crippen LogP contribution in [-0.4, -0.2) is 24.5 Å². The molecule has 0 amide bonds. The summed E-state index contributed by atoms with van der Waals surface area (Å²) in [6.07, 6.45) is 0.154. The second kappa shape index (κ2) is 3.87. The van der Waals surface area contributed by atoms with E-state index in [4.69, 9.17) is 5.11 Å². The van der Waals surface area contributed by atoms with Gasteiger partial charge in [0.05, 0.1) is 18.2 Å². The molecule has 0 aliphatic carbocycles. The van der Waals surface area contributed by atoms with Crippen LogP contribution >= 0.6 is 0 Å². The third-order valence-corrected chi connectivity index (χ3v) is 1.71. The van der Waals surface area contributed by atoms with Crippen LogP contribution in [0.4, 0.5) is 4.39 Å². The number of carbonyl (C=O) groups excluding carboxylic acids is 1. The molecule has 0 heterocycles. The summed E-state index contributed by atoms with van der Waals surface area (Å²) in [7, 11) is 1.23. The molecule has 0 unspecified atom stereocenters. The van der Waals surface area contributed by atoms with Gasteiger partial charge in [-0.1, -0.05) is 0 Å². The van der Waals surface area contributed by atoms with Crippen LogP contribution in [0.25, 0.3) is 0 Å². The Labute approximate surface area is 78.9 Å². The van der Waals surface area contributed by atoms with E-state index in [9.17, 15) is 14.0 Å². The van der Waals surface area contributed by atoms with Crippen LogP contribution in [0.5, 0.6) is 5.75 Å². The first kappa shape index (κ1) is 10.2. The zero-order valence-electron chi connectivity index (χ0n) is 7.28. The van der Waals surface area contributed by atoms with Gasteiger partial charge in [-0.25, -0.2) is 9.18 Å². The van der Waals surface area contributed by atoms with Crippen molar-refractivity contribution in [2.75, 3.05) is 7.11 Å². The van der Waals surface area contributed by atoms with E-state index in [1.807, 2.05) is 0 Å². The van der Waals surface area contributed by atoms with Crippen LogP contribution in [0.1, 0.15) is 20.7 Å². The number of carboxylic acids is 1. The highest BCUT2D eigenvalue weighted by Crippen LogP contribution is 2.22. The van der Waals surface area contributed by atoms with E-state index in [2.05, 4.69) is 4.74 Å². The number of hydrogen-bond acceptors (Lipinski definition) is 3. The van der Waals surface area contributed by atoms with Gasteiger partial charge >= 0.3 is 5.97 Å². The number of benzene rings is 1. The Morgan fingerprint density at radius 2 is 2.21 bits per heavy atom. The van der Waals surface area contributed by atoms with Crippen molar-refractivity contribution in [3.8, 4) is 5.75 Å². The summed E-state index contributed by atoms with van der Waals surface area (Å²) in [6, 6.07) is 2.28. The Bertz CT molecular complexity index is 387. The van der Waals surface area contributed by atoms with Gasteiger partial charge < -0.3 is 9.84 Å². The maximum Gasteiger partial charge on any atom is 0.336 e. The summed E-state index contributed by atoms with van der Waals surface area (Å²) in [4.78, 5) is 21.0. The average Bonchev–Trinajstić information content (AvgIpc) is 2.17. The minimum absolute atomic E-state index is 0.154. The lowest BCUT2D eigenvalue weighted by Crippen LogP contribution is -2.05. The molecule has 0 saturated carbocycles. The number of carboxylic acid groups (broad SMARTS) is 1. The lowest BCUT2D eigenvalue weighted by atomic mass is 10.1. The monoisotopic (exact) mass is 198 g/mol. The predicted octanol–water partition coefficient (Wildman–Crippen LogP) is 1.34. The van der Waals surface area contributed by atoms with Crippen LogP contribution in [0.2, 0.25) is 0 Å². The molecule has 0 saturated heterocycles. The highest BCUT2D eigenvalue weighted by atomic mass is 19.1. The first-order chi connectivity index (χ1) is 6.61. The molecule has 1 rings (SSSR count). The van der Waals surface area contributed by atoms with E-state index >= 15 is 0 Å². The van der Waals surface area contributed by atoms with Crippen molar-refractivity contribution in [1.82, 2.24) is 0 Å². The molecule has 0 aromatic heterocycles. The van der Waals surface area contributed by atoms with Gasteiger partial charge in [-0.2, -0.15) is 0 Å². The van der Waals surface area contributed by atoms with Crippen molar-refractivity contribution >= 4 is 12.3 Å². The molecule has 1 aromatic carbocycles. The van der Waals surface area contributed by atoms with Crippen molar-refractivity contribution in [2.24, 2.45) is 0 Å². The SMILES string of the molecule is COc1ccc(C(=O)O)c(C=O)c1F. The second-order valence-electron chi connectivity index (χ2n) is 2.47. The highest BCUT2D eigenvalue weighted by molar-refractivity contribution is 5.97. The molecule has 1 aromatic rings. The number of aromatic carboxylic acids is 1. The van der Waals surface area contributed by atoms with E-state index in [1.54, 1.807) is 0 Å². The zero-order valence-corrected chi connectivity index (χ0v) is 7.28. The first-order valence-corrected chi connectivity index (χ1v) is 3.66. The normalized spacial score (nSPS) is 9.57. The van der Waals surface area contributed by atoms with Crippen LogP contribution in [-0.2, 0) is 0 Å². The van der Waals surface area contributed by atoms with Crippen molar-refractivity contribution in [3.63, 3.8) is 0 Å². The summed E-state index contributed by atoms with van der Waals surface area (Å²) in [5.74, 6) is -2.46. The Hall–Kier alpha value is -1.91. The van der Waals surface area contributed by atoms with Gasteiger partial charge in [-0.3, -0.25) is 4.79 Å². The average molecular weight is 198 g/mol. The maximum atomic E-state index is 13.3. The molecule has 0 aliphatic heterocycles. The minimum Gasteiger partial charge on any atom is -0.494 e. The Balaban J connectivity index is 3.43. The Morgan fingerprint density at radius 3 is 2.64 bits per heavy atom. The number of methoxy groups -OCH3 is 1. The number of hydrogen-bond donors (Lipinski definition) is 1. The summed E-state index contributed by atoms with van der Waals surface area (Å²) in [6.45, 7) is 0. The molecule has 74 valence electrons. The standard InChI is InChI=1S/C9H7FO4/c1-14-7-3-2-5(9(12)13)6(4-11)8(7)10/h2-4H,1H3,(H,12,13). The molecule has 0 spiro atoms. The number of carbonyl (C=O) groups is 2. The van der Waals surface area contributed by atoms with Gasteiger partial charge in [0.25, 0.3) is 0 Å². The summed E-state index contributed by atoms with van der Waals surface area (Å²) < 4.78 is 17.9. The van der Waals surface area contributed by atoms with Gasteiger partial charge in [0, 0.05) is 0 Å². The van der Waals surface area contributed by atoms with Crippen LogP contribution in [0.3, 0.4) is 0 Å². The van der Waals surface area contributed by atoms with Gasteiger partial charge in [-0.15, -0.1) is 0 Å². The van der Waals surface area contributed by atoms with Crippen LogP contribution in [0, 0.1) is 5.82 Å². The number of ether oxygens (including phenoxy) is 1. The van der Waals surface area contributed by atoms with Gasteiger partial charge in [-0.05, 0) is 12.1 Å². The van der Waals surface area contributed by atoms with Crippen LogP contribution in [0.15, 0.2) is 12.1 Å². The predicted molar refractivity (Wildman–Crippen MR) is 45.3 cm³/mol. The molecule has 0 atom stereocenters. The van der Waals surface area contributed by atoms with Crippen LogP contribution < -0.4 is 4.74 Å². The molecule has 5 heteroatoms. The zero-order chi connectivity index (χ0) is 10.7. The fourth-order valence-corrected chi connectivity index (χ4v) is 1.03. The fourth-order valence-electron chi connectivity index (χ4n) is 1.03. The third kappa shape index (κ3) is 1.56. The summed E-state index contributed by atoms with van der Waals surface area (Å²) >= 11 is 0. The van der Waals surface area contributed by atoms with Crippen molar-refractivity contribution < 1.29 is 23.8 Å². The Morgan fingerprint density at radius 1 is 1.57 bits per heavy atom. The quantitative estimate of drug-likeness (QED) is 0.744. The lowest BCUT2D eigenvalue weighted by Gasteiger charge is -2.05. The topological polar surface area (TPSA) is 63.6 Å². The van der Waals surface area contributed by atoms with Gasteiger partial charge in [0.1, 0.15) is 0 Å². The van der Waals surface area contributed by atoms with E-state index in [1.165, 1.54) is 7.11 Å². The number of halogens is 1. The van der Waals surface area contributed by atoms with Crippen molar-refractivity contribution in [3.05, 3.63) is 29.1 Å². The number of rotatable bonds is 3. The molecule has 4 nitrogen and oxygen atoms in total. The van der Waals surface area contributed by atoms with E-state index in [0.29, 0.717) is 0 Å². The number of aldehydes is 1. The largest absolute Gasteiger partial charge is 0.494 e. The van der Waals surface area contributed by atoms with E-state index in [0.717, 1.165) is 12.1 Å². The Kier molecular flexibility index (Phi) is 2.81. The van der Waals surface area contributed by atoms with Gasteiger partial charge in [0.15, 0.2) is 17.9 Å². The van der Waals surface area contributed by atoms with Crippen molar-refractivity contribution in [2.45, 2.75) is 0 Å². The molecule has 14 heavy (non-hydrogen) atoms. The van der Waals surface area contributed by atoms with E-state index < -0.39 is 17.3 Å².